The molecule has 0 unspecified atom stereocenters. The highest BCUT2D eigenvalue weighted by Gasteiger charge is 2.34. The van der Waals surface area contributed by atoms with Gasteiger partial charge in [-0.25, -0.2) is 8.42 Å². The fourth-order valence-electron chi connectivity index (χ4n) is 4.09. The molecule has 1 amide bonds. The number of amides is 1. The van der Waals surface area contributed by atoms with Crippen molar-refractivity contribution < 1.29 is 13.2 Å². The third-order valence-electron chi connectivity index (χ3n) is 5.81. The molecule has 0 aromatic heterocycles. The maximum absolute atomic E-state index is 13.1. The lowest BCUT2D eigenvalue weighted by atomic mass is 9.96. The maximum Gasteiger partial charge on any atom is 0.243 e. The molecule has 30 heavy (non-hydrogen) atoms. The van der Waals surface area contributed by atoms with E-state index in [0.717, 1.165) is 22.5 Å². The fraction of sp³-hybridized carbons (Fsp3) is 0.435. The molecule has 162 valence electrons. The van der Waals surface area contributed by atoms with Gasteiger partial charge in [0.2, 0.25) is 15.9 Å². The quantitative estimate of drug-likeness (QED) is 0.731. The molecule has 0 saturated carbocycles. The molecule has 0 bridgehead atoms. The molecule has 0 spiro atoms. The summed E-state index contributed by atoms with van der Waals surface area (Å²) in [4.78, 5) is 17.2. The Morgan fingerprint density at radius 1 is 0.967 bits per heavy atom. The van der Waals surface area contributed by atoms with Crippen LogP contribution >= 0.6 is 0 Å². The number of sulfonamides is 1. The minimum atomic E-state index is -3.55. The zero-order chi connectivity index (χ0) is 22.1. The molecular formula is C23H31N3O3S. The molecule has 1 heterocycles. The van der Waals surface area contributed by atoms with Crippen molar-refractivity contribution in [1.82, 2.24) is 4.31 Å². The molecule has 1 aliphatic heterocycles. The Kier molecular flexibility index (Phi) is 6.53. The van der Waals surface area contributed by atoms with Gasteiger partial charge in [0.25, 0.3) is 0 Å². The smallest absolute Gasteiger partial charge is 0.243 e. The first-order valence-electron chi connectivity index (χ1n) is 10.2. The third kappa shape index (κ3) is 4.37. The summed E-state index contributed by atoms with van der Waals surface area (Å²) in [5.74, 6) is -0.149. The Balaban J connectivity index is 1.71. The third-order valence-corrected chi connectivity index (χ3v) is 7.87. The highest BCUT2D eigenvalue weighted by atomic mass is 32.2. The second-order valence-corrected chi connectivity index (χ2v) is 10.1. The fourth-order valence-corrected chi connectivity index (χ4v) is 5.77. The lowest BCUT2D eigenvalue weighted by Crippen LogP contribution is -2.43. The minimum Gasteiger partial charge on any atom is -0.376 e. The van der Waals surface area contributed by atoms with E-state index < -0.39 is 10.0 Å². The highest BCUT2D eigenvalue weighted by Crippen LogP contribution is 2.31. The molecule has 0 atom stereocenters. The van der Waals surface area contributed by atoms with Crippen molar-refractivity contribution in [2.45, 2.75) is 31.6 Å². The Labute approximate surface area is 180 Å². The summed E-state index contributed by atoms with van der Waals surface area (Å²) in [5.41, 5.74) is 3.63. The highest BCUT2D eigenvalue weighted by molar-refractivity contribution is 7.89. The number of hydrogen-bond acceptors (Lipinski definition) is 4. The van der Waals surface area contributed by atoms with Crippen LogP contribution < -0.4 is 9.80 Å². The predicted octanol–water partition coefficient (Wildman–Crippen LogP) is 3.43. The Morgan fingerprint density at radius 3 is 2.13 bits per heavy atom. The number of aryl methyl sites for hydroxylation is 2. The van der Waals surface area contributed by atoms with E-state index in [1.807, 2.05) is 69.2 Å². The van der Waals surface area contributed by atoms with Crippen LogP contribution in [0, 0.1) is 19.8 Å². The van der Waals surface area contributed by atoms with Gasteiger partial charge in [0.15, 0.2) is 0 Å². The molecule has 2 aromatic rings. The van der Waals surface area contributed by atoms with E-state index in [9.17, 15) is 13.2 Å². The van der Waals surface area contributed by atoms with Gasteiger partial charge in [0, 0.05) is 40.2 Å². The van der Waals surface area contributed by atoms with Crippen LogP contribution in [0.5, 0.6) is 0 Å². The van der Waals surface area contributed by atoms with Crippen molar-refractivity contribution in [2.75, 3.05) is 44.0 Å². The molecular weight excluding hydrogens is 398 g/mol. The van der Waals surface area contributed by atoms with Gasteiger partial charge in [-0.15, -0.1) is 0 Å². The first kappa shape index (κ1) is 22.3. The van der Waals surface area contributed by atoms with Crippen molar-refractivity contribution in [1.29, 1.82) is 0 Å². The molecule has 1 fully saturated rings. The van der Waals surface area contributed by atoms with Gasteiger partial charge in [-0.1, -0.05) is 29.8 Å². The number of nitrogens with zero attached hydrogens (tertiary/aromatic N) is 3. The number of anilines is 2. The van der Waals surface area contributed by atoms with E-state index in [4.69, 9.17) is 0 Å². The van der Waals surface area contributed by atoms with Gasteiger partial charge in [-0.05, 0) is 50.5 Å². The lowest BCUT2D eigenvalue weighted by molar-refractivity contribution is -0.123. The van der Waals surface area contributed by atoms with Crippen molar-refractivity contribution in [3.05, 3.63) is 53.6 Å². The Morgan fingerprint density at radius 2 is 1.57 bits per heavy atom. The van der Waals surface area contributed by atoms with E-state index >= 15 is 0 Å². The zero-order valence-corrected chi connectivity index (χ0v) is 19.2. The van der Waals surface area contributed by atoms with Crippen molar-refractivity contribution in [3.63, 3.8) is 0 Å². The minimum absolute atomic E-state index is 0.0351. The summed E-state index contributed by atoms with van der Waals surface area (Å²) < 4.78 is 27.7. The molecule has 7 heteroatoms. The molecule has 0 radical (unpaired) electrons. The van der Waals surface area contributed by atoms with Crippen LogP contribution in [0.4, 0.5) is 11.4 Å². The van der Waals surface area contributed by atoms with E-state index in [2.05, 4.69) is 0 Å². The molecule has 1 aliphatic rings. The van der Waals surface area contributed by atoms with E-state index in [1.165, 1.54) is 4.31 Å². The number of benzene rings is 2. The number of carbonyl (C=O) groups is 1. The van der Waals surface area contributed by atoms with E-state index in [-0.39, 0.29) is 11.8 Å². The van der Waals surface area contributed by atoms with Crippen molar-refractivity contribution in [3.8, 4) is 0 Å². The normalized spacial score (nSPS) is 15.8. The number of carbonyl (C=O) groups excluding carboxylic acids is 1. The second-order valence-electron chi connectivity index (χ2n) is 8.23. The van der Waals surface area contributed by atoms with Crippen molar-refractivity contribution >= 4 is 27.3 Å². The van der Waals surface area contributed by atoms with Crippen LogP contribution in [-0.2, 0) is 14.8 Å². The average Bonchev–Trinajstić information content (AvgIpc) is 2.72. The molecule has 2 aromatic carbocycles. The van der Waals surface area contributed by atoms with E-state index in [1.54, 1.807) is 18.0 Å². The van der Waals surface area contributed by atoms with Gasteiger partial charge in [-0.2, -0.15) is 4.31 Å². The number of rotatable bonds is 5. The monoisotopic (exact) mass is 429 g/mol. The SMILES string of the molecule is Cc1ccc(S(=O)(=O)N2CCC(C(=O)N(C)c3ccccc3N(C)C)CC2)c(C)c1. The largest absolute Gasteiger partial charge is 0.376 e. The first-order chi connectivity index (χ1) is 14.1. The van der Waals surface area contributed by atoms with Crippen LogP contribution in [0.1, 0.15) is 24.0 Å². The van der Waals surface area contributed by atoms with Crippen molar-refractivity contribution in [2.24, 2.45) is 5.92 Å². The molecule has 3 rings (SSSR count). The van der Waals surface area contributed by atoms with Crippen LogP contribution in [0.25, 0.3) is 0 Å². The molecule has 0 aliphatic carbocycles. The maximum atomic E-state index is 13.1. The summed E-state index contributed by atoms with van der Waals surface area (Å²) in [7, 11) is 2.15. The second kappa shape index (κ2) is 8.78. The average molecular weight is 430 g/mol. The lowest BCUT2D eigenvalue weighted by Gasteiger charge is -2.33. The molecule has 6 nitrogen and oxygen atoms in total. The van der Waals surface area contributed by atoms with Gasteiger partial charge < -0.3 is 9.80 Å². The topological polar surface area (TPSA) is 60.9 Å². The predicted molar refractivity (Wildman–Crippen MR) is 122 cm³/mol. The van der Waals surface area contributed by atoms with Gasteiger partial charge in [0.1, 0.15) is 0 Å². The van der Waals surface area contributed by atoms with Gasteiger partial charge in [0.05, 0.1) is 16.3 Å². The van der Waals surface area contributed by atoms with Gasteiger partial charge in [-0.3, -0.25) is 4.79 Å². The molecule has 0 N–H and O–H groups in total. The number of piperidine rings is 1. The summed E-state index contributed by atoms with van der Waals surface area (Å²) in [6, 6.07) is 13.2. The standard InChI is InChI=1S/C23H31N3O3S/c1-17-10-11-22(18(2)16-17)30(28,29)26-14-12-19(13-15-26)23(27)25(5)21-9-7-6-8-20(21)24(3)4/h6-11,16,19H,12-15H2,1-5H3. The summed E-state index contributed by atoms with van der Waals surface area (Å²) in [5, 5.41) is 0. The zero-order valence-electron chi connectivity index (χ0n) is 18.4. The summed E-state index contributed by atoms with van der Waals surface area (Å²) in [6.45, 7) is 4.49. The summed E-state index contributed by atoms with van der Waals surface area (Å²) in [6.07, 6.45) is 1.05. The van der Waals surface area contributed by atoms with Crippen LogP contribution in [0.15, 0.2) is 47.4 Å². The van der Waals surface area contributed by atoms with E-state index in [0.29, 0.717) is 30.8 Å². The number of para-hydroxylation sites is 2. The molecule has 1 saturated heterocycles. The van der Waals surface area contributed by atoms with Crippen LogP contribution in [0.2, 0.25) is 0 Å². The summed E-state index contributed by atoms with van der Waals surface area (Å²) >= 11 is 0. The Hall–Kier alpha value is -2.38. The van der Waals surface area contributed by atoms with Crippen LogP contribution in [0.3, 0.4) is 0 Å². The first-order valence-corrected chi connectivity index (χ1v) is 11.7. The number of hydrogen-bond donors (Lipinski definition) is 0. The Bertz CT molecular complexity index is 1030. The van der Waals surface area contributed by atoms with Gasteiger partial charge >= 0.3 is 0 Å². The van der Waals surface area contributed by atoms with Crippen LogP contribution in [-0.4, -0.2) is 52.9 Å².